The molecule has 3 amide bonds. The van der Waals surface area contributed by atoms with Crippen molar-refractivity contribution in [3.63, 3.8) is 0 Å². The fourth-order valence-corrected chi connectivity index (χ4v) is 6.22. The molecule has 1 aromatic heterocycles. The molecule has 3 heterocycles. The molecular formula is C23H21BrN6O4S. The summed E-state index contributed by atoms with van der Waals surface area (Å²) >= 11 is 3.52. The van der Waals surface area contributed by atoms with Crippen molar-refractivity contribution in [2.24, 2.45) is 0 Å². The predicted molar refractivity (Wildman–Crippen MR) is 136 cm³/mol. The number of benzene rings is 2. The van der Waals surface area contributed by atoms with Crippen LogP contribution in [0.4, 0.5) is 33.6 Å². The van der Waals surface area contributed by atoms with Crippen molar-refractivity contribution in [2.75, 3.05) is 39.9 Å². The van der Waals surface area contributed by atoms with E-state index >= 15 is 0 Å². The third-order valence-electron chi connectivity index (χ3n) is 6.16. The Morgan fingerprint density at radius 3 is 2.54 bits per heavy atom. The van der Waals surface area contributed by atoms with Crippen molar-refractivity contribution < 1.29 is 18.0 Å². The highest BCUT2D eigenvalue weighted by Crippen LogP contribution is 2.40. The third-order valence-corrected chi connectivity index (χ3v) is 8.45. The number of hydrogen-bond donors (Lipinski definition) is 1. The number of aromatic nitrogens is 2. The molecule has 1 unspecified atom stereocenters. The minimum atomic E-state index is -3.75. The lowest BCUT2D eigenvalue weighted by Gasteiger charge is -2.39. The van der Waals surface area contributed by atoms with Crippen LogP contribution in [0, 0.1) is 0 Å². The van der Waals surface area contributed by atoms with E-state index in [4.69, 9.17) is 0 Å². The van der Waals surface area contributed by atoms with Crippen LogP contribution in [0.25, 0.3) is 0 Å². The van der Waals surface area contributed by atoms with Crippen molar-refractivity contribution in [1.82, 2.24) is 9.97 Å². The molecule has 1 N–H and O–H groups in total. The van der Waals surface area contributed by atoms with E-state index in [1.165, 1.54) is 15.9 Å². The summed E-state index contributed by atoms with van der Waals surface area (Å²) in [4.78, 5) is 38.7. The normalized spacial score (nSPS) is 18.9. The van der Waals surface area contributed by atoms with E-state index in [2.05, 4.69) is 31.2 Å². The molecular weight excluding hydrogens is 536 g/mol. The maximum absolute atomic E-state index is 13.3. The van der Waals surface area contributed by atoms with E-state index in [0.717, 1.165) is 15.7 Å². The minimum absolute atomic E-state index is 0.0626. The molecule has 0 saturated heterocycles. The molecule has 3 aromatic rings. The zero-order chi connectivity index (χ0) is 25.1. The largest absolute Gasteiger partial charge is 0.330 e. The number of halogens is 1. The summed E-state index contributed by atoms with van der Waals surface area (Å²) < 4.78 is 25.9. The predicted octanol–water partition coefficient (Wildman–Crippen LogP) is 3.87. The molecule has 0 saturated carbocycles. The van der Waals surface area contributed by atoms with E-state index in [9.17, 15) is 18.0 Å². The van der Waals surface area contributed by atoms with Crippen LogP contribution in [0.5, 0.6) is 0 Å². The van der Waals surface area contributed by atoms with Gasteiger partial charge in [0.1, 0.15) is 11.6 Å². The van der Waals surface area contributed by atoms with E-state index in [1.807, 2.05) is 31.2 Å². The van der Waals surface area contributed by atoms with Gasteiger partial charge in [-0.1, -0.05) is 12.1 Å². The second-order valence-electron chi connectivity index (χ2n) is 8.33. The molecule has 0 aliphatic carbocycles. The van der Waals surface area contributed by atoms with Crippen LogP contribution in [0.1, 0.15) is 18.5 Å². The van der Waals surface area contributed by atoms with E-state index in [1.54, 1.807) is 37.3 Å². The summed E-state index contributed by atoms with van der Waals surface area (Å²) in [6, 6.07) is 11.6. The number of hydrogen-bond acceptors (Lipinski definition) is 7. The number of amides is 3. The number of anilines is 5. The zero-order valence-corrected chi connectivity index (χ0v) is 21.5. The molecule has 2 aliphatic heterocycles. The summed E-state index contributed by atoms with van der Waals surface area (Å²) in [6.07, 6.45) is 1.66. The second kappa shape index (κ2) is 8.31. The first kappa shape index (κ1) is 23.2. The van der Waals surface area contributed by atoms with Gasteiger partial charge in [-0.2, -0.15) is 4.98 Å². The van der Waals surface area contributed by atoms with Gasteiger partial charge in [-0.3, -0.25) is 14.6 Å². The van der Waals surface area contributed by atoms with Crippen molar-refractivity contribution in [3.8, 4) is 0 Å². The summed E-state index contributed by atoms with van der Waals surface area (Å²) in [6.45, 7) is 1.91. The number of rotatable bonds is 3. The van der Waals surface area contributed by atoms with Gasteiger partial charge in [0.25, 0.3) is 0 Å². The number of nitrogens with one attached hydrogen (secondary N) is 1. The maximum atomic E-state index is 13.3. The van der Waals surface area contributed by atoms with Crippen molar-refractivity contribution in [2.45, 2.75) is 17.9 Å². The second-order valence-corrected chi connectivity index (χ2v) is 11.1. The molecule has 10 nitrogen and oxygen atoms in total. The van der Waals surface area contributed by atoms with Gasteiger partial charge in [0.05, 0.1) is 22.3 Å². The maximum Gasteiger partial charge on any atom is 0.330 e. The third kappa shape index (κ3) is 3.82. The van der Waals surface area contributed by atoms with Gasteiger partial charge in [0, 0.05) is 36.0 Å². The van der Waals surface area contributed by atoms with Gasteiger partial charge >= 0.3 is 6.03 Å². The quantitative estimate of drug-likeness (QED) is 0.520. The SMILES string of the molecule is CC1c2cnc(Nc3ccc4c(c3)S(=O)(=O)CC(=O)N4C)nc2N(C)C(=O)N1c1ccccc1Br. The van der Waals surface area contributed by atoms with Gasteiger partial charge in [-0.15, -0.1) is 0 Å². The van der Waals surface area contributed by atoms with Gasteiger partial charge in [0.15, 0.2) is 9.84 Å². The van der Waals surface area contributed by atoms with Crippen LogP contribution in [0.3, 0.4) is 0 Å². The number of carbonyl (C=O) groups excluding carboxylic acids is 2. The highest BCUT2D eigenvalue weighted by molar-refractivity contribution is 9.10. The Labute approximate surface area is 210 Å². The first-order valence-electron chi connectivity index (χ1n) is 10.7. The molecule has 12 heteroatoms. The lowest BCUT2D eigenvalue weighted by molar-refractivity contribution is -0.116. The van der Waals surface area contributed by atoms with Crippen LogP contribution < -0.4 is 20.0 Å². The average Bonchev–Trinajstić information content (AvgIpc) is 2.82. The number of sulfone groups is 1. The number of carbonyl (C=O) groups is 2. The molecule has 5 rings (SSSR count). The fraction of sp³-hybridized carbons (Fsp3) is 0.217. The standard InChI is InChI=1S/C23H21BrN6O4S/c1-13-15-11-25-22(26-14-8-9-18-19(10-14)35(33,34)12-20(31)28(18)2)27-21(15)29(3)23(32)30(13)17-7-5-4-6-16(17)24/h4-11,13H,12H2,1-3H3,(H,25,26,27). The van der Waals surface area contributed by atoms with E-state index in [-0.39, 0.29) is 22.9 Å². The zero-order valence-electron chi connectivity index (χ0n) is 19.1. The molecule has 0 fully saturated rings. The van der Waals surface area contributed by atoms with Gasteiger partial charge in [-0.25, -0.2) is 18.2 Å². The molecule has 35 heavy (non-hydrogen) atoms. The lowest BCUT2D eigenvalue weighted by atomic mass is 10.1. The molecule has 180 valence electrons. The summed E-state index contributed by atoms with van der Waals surface area (Å²) in [5, 5.41) is 3.02. The summed E-state index contributed by atoms with van der Waals surface area (Å²) in [7, 11) is -0.560. The van der Waals surface area contributed by atoms with Gasteiger partial charge in [-0.05, 0) is 53.2 Å². The van der Waals surface area contributed by atoms with E-state index < -0.39 is 21.5 Å². The van der Waals surface area contributed by atoms with Crippen molar-refractivity contribution >= 4 is 66.5 Å². The highest BCUT2D eigenvalue weighted by atomic mass is 79.9. The van der Waals surface area contributed by atoms with Crippen molar-refractivity contribution in [3.05, 3.63) is 58.7 Å². The monoisotopic (exact) mass is 556 g/mol. The average molecular weight is 557 g/mol. The first-order valence-corrected chi connectivity index (χ1v) is 13.1. The Morgan fingerprint density at radius 2 is 1.80 bits per heavy atom. The van der Waals surface area contributed by atoms with Gasteiger partial charge in [0.2, 0.25) is 11.9 Å². The topological polar surface area (TPSA) is 116 Å². The molecule has 0 spiro atoms. The molecule has 0 radical (unpaired) electrons. The molecule has 2 aliphatic rings. The Bertz CT molecular complexity index is 1500. The molecule has 2 aromatic carbocycles. The molecule has 1 atom stereocenters. The number of urea groups is 1. The van der Waals surface area contributed by atoms with Crippen LogP contribution in [-0.2, 0) is 14.6 Å². The van der Waals surface area contributed by atoms with Crippen molar-refractivity contribution in [1.29, 1.82) is 0 Å². The number of nitrogens with zero attached hydrogens (tertiary/aromatic N) is 5. The minimum Gasteiger partial charge on any atom is -0.324 e. The van der Waals surface area contributed by atoms with Gasteiger partial charge < -0.3 is 10.2 Å². The van der Waals surface area contributed by atoms with Crippen LogP contribution in [0.15, 0.2) is 58.0 Å². The summed E-state index contributed by atoms with van der Waals surface area (Å²) in [5.41, 5.74) is 2.28. The Morgan fingerprint density at radius 1 is 1.06 bits per heavy atom. The van der Waals surface area contributed by atoms with E-state index in [0.29, 0.717) is 17.2 Å². The fourth-order valence-electron chi connectivity index (χ4n) is 4.24. The van der Waals surface area contributed by atoms with Crippen LogP contribution in [-0.4, -0.2) is 50.2 Å². The Kier molecular flexibility index (Phi) is 5.52. The van der Waals surface area contributed by atoms with Crippen LogP contribution in [0.2, 0.25) is 0 Å². The summed E-state index contributed by atoms with van der Waals surface area (Å²) in [5.74, 6) is -0.384. The Hall–Kier alpha value is -3.51. The number of para-hydroxylation sites is 1. The molecule has 0 bridgehead atoms. The highest BCUT2D eigenvalue weighted by Gasteiger charge is 2.37. The lowest BCUT2D eigenvalue weighted by Crippen LogP contribution is -2.48. The Balaban J connectivity index is 1.48. The number of fused-ring (bicyclic) bond motifs is 2. The van der Waals surface area contributed by atoms with Crippen LogP contribution >= 0.6 is 15.9 Å². The smallest absolute Gasteiger partial charge is 0.324 e. The first-order chi connectivity index (χ1) is 16.6.